The monoisotopic (exact) mass is 266 g/mol. The Morgan fingerprint density at radius 2 is 2.26 bits per heavy atom. The van der Waals surface area contributed by atoms with E-state index >= 15 is 0 Å². The van der Waals surface area contributed by atoms with E-state index in [0.717, 1.165) is 63.4 Å². The number of rotatable bonds is 2. The maximum atomic E-state index is 10.2. The van der Waals surface area contributed by atoms with E-state index in [9.17, 15) is 5.11 Å². The van der Waals surface area contributed by atoms with E-state index in [-0.39, 0.29) is 11.7 Å². The molecule has 2 saturated heterocycles. The Balaban J connectivity index is 1.57. The summed E-state index contributed by atoms with van der Waals surface area (Å²) in [4.78, 5) is 2.35. The molecule has 5 heteroatoms. The summed E-state index contributed by atoms with van der Waals surface area (Å²) in [6.45, 7) is 5.42. The summed E-state index contributed by atoms with van der Waals surface area (Å²) in [5, 5.41) is 14.2. The molecular weight excluding hydrogens is 244 g/mol. The standard InChI is InChI=1S/C14H22N2O3/c1-11-9-12(15-19-11)10-16-6-4-14(5-7-16)13(17)3-2-8-18-14/h9,13,17H,2-8,10H2,1H3/t13-/m1/s1. The molecule has 0 bridgehead atoms. The molecule has 0 radical (unpaired) electrons. The Morgan fingerprint density at radius 3 is 2.89 bits per heavy atom. The van der Waals surface area contributed by atoms with Crippen LogP contribution in [0.5, 0.6) is 0 Å². The third kappa shape index (κ3) is 2.68. The lowest BCUT2D eigenvalue weighted by molar-refractivity contribution is -0.177. The zero-order chi connectivity index (χ0) is 13.3. The van der Waals surface area contributed by atoms with E-state index in [1.807, 2.05) is 13.0 Å². The van der Waals surface area contributed by atoms with Crippen LogP contribution >= 0.6 is 0 Å². The minimum atomic E-state index is -0.294. The van der Waals surface area contributed by atoms with Gasteiger partial charge in [-0.2, -0.15) is 0 Å². The molecule has 106 valence electrons. The summed E-state index contributed by atoms with van der Waals surface area (Å²) < 4.78 is 11.0. The zero-order valence-corrected chi connectivity index (χ0v) is 11.5. The highest BCUT2D eigenvalue weighted by Crippen LogP contribution is 2.35. The first-order valence-corrected chi connectivity index (χ1v) is 7.14. The van der Waals surface area contributed by atoms with Gasteiger partial charge in [0.1, 0.15) is 5.76 Å². The predicted molar refractivity (Wildman–Crippen MR) is 69.7 cm³/mol. The number of aromatic nitrogens is 1. The van der Waals surface area contributed by atoms with Crippen molar-refractivity contribution in [3.63, 3.8) is 0 Å². The van der Waals surface area contributed by atoms with E-state index in [1.165, 1.54) is 0 Å². The van der Waals surface area contributed by atoms with Crippen molar-refractivity contribution < 1.29 is 14.4 Å². The third-order valence-electron chi connectivity index (χ3n) is 4.38. The summed E-state index contributed by atoms with van der Waals surface area (Å²) in [6.07, 6.45) is 3.38. The van der Waals surface area contributed by atoms with Crippen molar-refractivity contribution in [2.45, 2.75) is 50.9 Å². The van der Waals surface area contributed by atoms with Gasteiger partial charge in [0.15, 0.2) is 0 Å². The van der Waals surface area contributed by atoms with Gasteiger partial charge in [-0.3, -0.25) is 4.90 Å². The molecule has 0 aliphatic carbocycles. The van der Waals surface area contributed by atoms with Crippen LogP contribution in [0.15, 0.2) is 10.6 Å². The molecule has 5 nitrogen and oxygen atoms in total. The highest BCUT2D eigenvalue weighted by molar-refractivity contribution is 5.04. The van der Waals surface area contributed by atoms with Crippen LogP contribution in [0.2, 0.25) is 0 Å². The molecule has 0 aromatic carbocycles. The number of aryl methyl sites for hydroxylation is 1. The van der Waals surface area contributed by atoms with Crippen LogP contribution in [0.1, 0.15) is 37.1 Å². The Labute approximate surface area is 113 Å². The third-order valence-corrected chi connectivity index (χ3v) is 4.38. The molecule has 0 amide bonds. The summed E-state index contributed by atoms with van der Waals surface area (Å²) in [7, 11) is 0. The van der Waals surface area contributed by atoms with Crippen LogP contribution in [-0.4, -0.2) is 46.6 Å². The van der Waals surface area contributed by atoms with Gasteiger partial charge in [-0.25, -0.2) is 0 Å². The van der Waals surface area contributed by atoms with Gasteiger partial charge in [-0.1, -0.05) is 5.16 Å². The highest BCUT2D eigenvalue weighted by atomic mass is 16.5. The van der Waals surface area contributed by atoms with Crippen LogP contribution in [0.25, 0.3) is 0 Å². The number of ether oxygens (including phenoxy) is 1. The first-order chi connectivity index (χ1) is 9.18. The number of likely N-dealkylation sites (tertiary alicyclic amines) is 1. The fraction of sp³-hybridized carbons (Fsp3) is 0.786. The summed E-state index contributed by atoms with van der Waals surface area (Å²) in [5.41, 5.74) is 0.702. The van der Waals surface area contributed by atoms with Crippen LogP contribution in [-0.2, 0) is 11.3 Å². The Morgan fingerprint density at radius 1 is 1.47 bits per heavy atom. The highest BCUT2D eigenvalue weighted by Gasteiger charge is 2.43. The van der Waals surface area contributed by atoms with Gasteiger partial charge in [0.25, 0.3) is 0 Å². The molecule has 3 rings (SSSR count). The fourth-order valence-electron chi connectivity index (χ4n) is 3.20. The minimum absolute atomic E-state index is 0.283. The molecule has 2 aliphatic rings. The second-order valence-corrected chi connectivity index (χ2v) is 5.78. The second-order valence-electron chi connectivity index (χ2n) is 5.78. The number of piperidine rings is 1. The van der Waals surface area contributed by atoms with E-state index in [4.69, 9.17) is 9.26 Å². The van der Waals surface area contributed by atoms with Gasteiger partial charge in [-0.05, 0) is 32.6 Å². The van der Waals surface area contributed by atoms with E-state index in [2.05, 4.69) is 10.1 Å². The first kappa shape index (κ1) is 13.1. The summed E-state index contributed by atoms with van der Waals surface area (Å²) in [5.74, 6) is 0.856. The molecule has 1 atom stereocenters. The van der Waals surface area contributed by atoms with Crippen molar-refractivity contribution in [1.29, 1.82) is 0 Å². The number of nitrogens with zero attached hydrogens (tertiary/aromatic N) is 2. The molecule has 3 heterocycles. The molecule has 2 fully saturated rings. The van der Waals surface area contributed by atoms with Crippen molar-refractivity contribution in [2.75, 3.05) is 19.7 Å². The Hall–Kier alpha value is -0.910. The molecule has 1 N–H and O–H groups in total. The number of aliphatic hydroxyl groups is 1. The van der Waals surface area contributed by atoms with Crippen molar-refractivity contribution in [2.24, 2.45) is 0 Å². The topological polar surface area (TPSA) is 58.7 Å². The molecule has 1 spiro atoms. The first-order valence-electron chi connectivity index (χ1n) is 7.14. The van der Waals surface area contributed by atoms with Gasteiger partial charge >= 0.3 is 0 Å². The van der Waals surface area contributed by atoms with E-state index < -0.39 is 0 Å². The maximum absolute atomic E-state index is 10.2. The molecule has 0 unspecified atom stereocenters. The van der Waals surface area contributed by atoms with Crippen LogP contribution in [0.3, 0.4) is 0 Å². The zero-order valence-electron chi connectivity index (χ0n) is 11.5. The minimum Gasteiger partial charge on any atom is -0.390 e. The largest absolute Gasteiger partial charge is 0.390 e. The summed E-state index contributed by atoms with van der Waals surface area (Å²) >= 11 is 0. The number of aliphatic hydroxyl groups excluding tert-OH is 1. The Kier molecular flexibility index (Phi) is 3.60. The van der Waals surface area contributed by atoms with Crippen molar-refractivity contribution in [3.05, 3.63) is 17.5 Å². The Bertz CT molecular complexity index is 424. The molecule has 19 heavy (non-hydrogen) atoms. The summed E-state index contributed by atoms with van der Waals surface area (Å²) in [6, 6.07) is 1.98. The predicted octanol–water partition coefficient (Wildman–Crippen LogP) is 1.49. The molecular formula is C14H22N2O3. The quantitative estimate of drug-likeness (QED) is 0.879. The lowest BCUT2D eigenvalue weighted by Crippen LogP contribution is -2.55. The fourth-order valence-corrected chi connectivity index (χ4v) is 3.20. The molecule has 2 aliphatic heterocycles. The van der Waals surface area contributed by atoms with Crippen LogP contribution < -0.4 is 0 Å². The van der Waals surface area contributed by atoms with Crippen LogP contribution in [0, 0.1) is 6.92 Å². The average Bonchev–Trinajstić information content (AvgIpc) is 2.81. The molecule has 0 saturated carbocycles. The molecule has 1 aromatic heterocycles. The van der Waals surface area contributed by atoms with Crippen LogP contribution in [0.4, 0.5) is 0 Å². The second kappa shape index (κ2) is 5.23. The van der Waals surface area contributed by atoms with Crippen molar-refractivity contribution in [3.8, 4) is 0 Å². The van der Waals surface area contributed by atoms with E-state index in [0.29, 0.717) is 0 Å². The van der Waals surface area contributed by atoms with E-state index in [1.54, 1.807) is 0 Å². The normalized spacial score (nSPS) is 27.8. The lowest BCUT2D eigenvalue weighted by atomic mass is 9.82. The number of hydrogen-bond acceptors (Lipinski definition) is 5. The smallest absolute Gasteiger partial charge is 0.133 e. The van der Waals surface area contributed by atoms with Gasteiger partial charge in [0.05, 0.1) is 17.4 Å². The van der Waals surface area contributed by atoms with Gasteiger partial charge in [0, 0.05) is 32.3 Å². The van der Waals surface area contributed by atoms with Gasteiger partial charge < -0.3 is 14.4 Å². The van der Waals surface area contributed by atoms with Gasteiger partial charge in [0.2, 0.25) is 0 Å². The average molecular weight is 266 g/mol. The maximum Gasteiger partial charge on any atom is 0.133 e. The van der Waals surface area contributed by atoms with Crippen molar-refractivity contribution >= 4 is 0 Å². The lowest BCUT2D eigenvalue weighted by Gasteiger charge is -2.46. The number of hydrogen-bond donors (Lipinski definition) is 1. The molecule has 1 aromatic rings. The van der Waals surface area contributed by atoms with Crippen molar-refractivity contribution in [1.82, 2.24) is 10.1 Å². The SMILES string of the molecule is Cc1cc(CN2CCC3(CC2)OCCC[C@H]3O)no1. The van der Waals surface area contributed by atoms with Gasteiger partial charge in [-0.15, -0.1) is 0 Å².